The molecule has 3 aromatic rings. The Balaban J connectivity index is 1.63. The van der Waals surface area contributed by atoms with E-state index in [1.54, 1.807) is 4.90 Å². The van der Waals surface area contributed by atoms with Crippen LogP contribution in [-0.2, 0) is 0 Å². The second-order valence-corrected chi connectivity index (χ2v) is 6.22. The fourth-order valence-corrected chi connectivity index (χ4v) is 3.43. The molecule has 0 saturated heterocycles. The SMILES string of the molecule is O=C1c2ccccc2N[C@@H](c2ccc[nH]2)N1c1ccc2c(c1)OCCO2. The number of H-pyrrole nitrogens is 1. The van der Waals surface area contributed by atoms with E-state index in [1.807, 2.05) is 60.8 Å². The zero-order valence-electron chi connectivity index (χ0n) is 13.9. The largest absolute Gasteiger partial charge is 0.486 e. The standard InChI is InChI=1S/C20H17N3O3/c24-20-14-4-1-2-5-15(14)22-19(16-6-3-9-21-16)23(20)13-7-8-17-18(12-13)26-11-10-25-17/h1-9,12,19,21-22H,10-11H2/t19-/m1/s1. The molecule has 2 N–H and O–H groups in total. The third-order valence-corrected chi connectivity index (χ3v) is 4.65. The average Bonchev–Trinajstić information content (AvgIpc) is 3.22. The molecule has 130 valence electrons. The number of carbonyl (C=O) groups is 1. The minimum atomic E-state index is -0.338. The molecule has 0 bridgehead atoms. The number of fused-ring (bicyclic) bond motifs is 2. The first-order valence-electron chi connectivity index (χ1n) is 8.53. The van der Waals surface area contributed by atoms with Crippen molar-refractivity contribution in [1.29, 1.82) is 0 Å². The van der Waals surface area contributed by atoms with E-state index >= 15 is 0 Å². The molecule has 1 amide bonds. The number of nitrogens with zero attached hydrogens (tertiary/aromatic N) is 1. The van der Waals surface area contributed by atoms with Crippen LogP contribution >= 0.6 is 0 Å². The predicted molar refractivity (Wildman–Crippen MR) is 97.8 cm³/mol. The molecule has 0 saturated carbocycles. The molecule has 26 heavy (non-hydrogen) atoms. The van der Waals surface area contributed by atoms with Gasteiger partial charge in [-0.25, -0.2) is 0 Å². The number of anilines is 2. The number of hydrogen-bond donors (Lipinski definition) is 2. The van der Waals surface area contributed by atoms with E-state index in [2.05, 4.69) is 10.3 Å². The van der Waals surface area contributed by atoms with Gasteiger partial charge in [0.1, 0.15) is 19.4 Å². The highest BCUT2D eigenvalue weighted by Crippen LogP contribution is 2.40. The van der Waals surface area contributed by atoms with E-state index in [0.29, 0.717) is 30.3 Å². The van der Waals surface area contributed by atoms with Crippen LogP contribution in [0.15, 0.2) is 60.8 Å². The molecule has 0 radical (unpaired) electrons. The summed E-state index contributed by atoms with van der Waals surface area (Å²) in [5.41, 5.74) is 3.12. The Morgan fingerprint density at radius 3 is 2.65 bits per heavy atom. The molecule has 1 aromatic heterocycles. The Labute approximate surface area is 150 Å². The van der Waals surface area contributed by atoms with E-state index in [1.165, 1.54) is 0 Å². The maximum atomic E-state index is 13.3. The van der Waals surface area contributed by atoms with Gasteiger partial charge in [-0.1, -0.05) is 12.1 Å². The number of amides is 1. The lowest BCUT2D eigenvalue weighted by atomic mass is 10.0. The average molecular weight is 347 g/mol. The summed E-state index contributed by atoms with van der Waals surface area (Å²) in [6.45, 7) is 1.04. The van der Waals surface area contributed by atoms with Gasteiger partial charge in [-0.2, -0.15) is 0 Å². The lowest BCUT2D eigenvalue weighted by Gasteiger charge is -2.37. The van der Waals surface area contributed by atoms with Crippen LogP contribution in [0.5, 0.6) is 11.5 Å². The summed E-state index contributed by atoms with van der Waals surface area (Å²) in [4.78, 5) is 18.2. The number of carbonyl (C=O) groups excluding carboxylic acids is 1. The van der Waals surface area contributed by atoms with E-state index in [4.69, 9.17) is 9.47 Å². The summed E-state index contributed by atoms with van der Waals surface area (Å²) in [7, 11) is 0. The number of hydrogen-bond acceptors (Lipinski definition) is 4. The van der Waals surface area contributed by atoms with Crippen molar-refractivity contribution in [3.05, 3.63) is 72.1 Å². The van der Waals surface area contributed by atoms with Crippen LogP contribution in [0, 0.1) is 0 Å². The lowest BCUT2D eigenvalue weighted by Crippen LogP contribution is -2.43. The van der Waals surface area contributed by atoms with Crippen molar-refractivity contribution in [2.45, 2.75) is 6.17 Å². The first-order chi connectivity index (χ1) is 12.8. The Morgan fingerprint density at radius 1 is 0.962 bits per heavy atom. The highest BCUT2D eigenvalue weighted by atomic mass is 16.6. The Bertz CT molecular complexity index is 968. The summed E-state index contributed by atoms with van der Waals surface area (Å²) in [5.74, 6) is 1.30. The monoisotopic (exact) mass is 347 g/mol. The van der Waals surface area contributed by atoms with Crippen LogP contribution in [0.4, 0.5) is 11.4 Å². The van der Waals surface area contributed by atoms with Crippen molar-refractivity contribution in [3.63, 3.8) is 0 Å². The molecule has 2 aliphatic rings. The molecule has 5 rings (SSSR count). The fraction of sp³-hybridized carbons (Fsp3) is 0.150. The number of para-hydroxylation sites is 1. The van der Waals surface area contributed by atoms with Crippen molar-refractivity contribution in [2.24, 2.45) is 0 Å². The molecule has 0 unspecified atom stereocenters. The van der Waals surface area contributed by atoms with Gasteiger partial charge in [0.15, 0.2) is 11.5 Å². The van der Waals surface area contributed by atoms with Crippen LogP contribution < -0.4 is 19.7 Å². The maximum Gasteiger partial charge on any atom is 0.262 e. The number of aromatic amines is 1. The maximum absolute atomic E-state index is 13.3. The van der Waals surface area contributed by atoms with Crippen LogP contribution in [0.1, 0.15) is 22.2 Å². The Morgan fingerprint density at radius 2 is 1.81 bits per heavy atom. The van der Waals surface area contributed by atoms with Gasteiger partial charge in [0, 0.05) is 18.0 Å². The number of rotatable bonds is 2. The molecule has 0 fully saturated rings. The van der Waals surface area contributed by atoms with E-state index in [9.17, 15) is 4.79 Å². The highest BCUT2D eigenvalue weighted by molar-refractivity contribution is 6.12. The fourth-order valence-electron chi connectivity index (χ4n) is 3.43. The van der Waals surface area contributed by atoms with Gasteiger partial charge in [0.25, 0.3) is 5.91 Å². The van der Waals surface area contributed by atoms with Gasteiger partial charge in [-0.15, -0.1) is 0 Å². The molecular weight excluding hydrogens is 330 g/mol. The van der Waals surface area contributed by atoms with E-state index < -0.39 is 0 Å². The second-order valence-electron chi connectivity index (χ2n) is 6.22. The number of benzene rings is 2. The third-order valence-electron chi connectivity index (χ3n) is 4.65. The van der Waals surface area contributed by atoms with Crippen molar-refractivity contribution >= 4 is 17.3 Å². The first-order valence-corrected chi connectivity index (χ1v) is 8.53. The summed E-state index contributed by atoms with van der Waals surface area (Å²) < 4.78 is 11.3. The van der Waals surface area contributed by atoms with Crippen molar-refractivity contribution in [3.8, 4) is 11.5 Å². The summed E-state index contributed by atoms with van der Waals surface area (Å²) >= 11 is 0. The highest BCUT2D eigenvalue weighted by Gasteiger charge is 2.35. The number of ether oxygens (including phenoxy) is 2. The van der Waals surface area contributed by atoms with Crippen LogP contribution in [0.25, 0.3) is 0 Å². The zero-order valence-corrected chi connectivity index (χ0v) is 13.9. The minimum Gasteiger partial charge on any atom is -0.486 e. The van der Waals surface area contributed by atoms with Gasteiger partial charge in [0.2, 0.25) is 0 Å². The van der Waals surface area contributed by atoms with Gasteiger partial charge >= 0.3 is 0 Å². The Hall–Kier alpha value is -3.41. The van der Waals surface area contributed by atoms with Crippen LogP contribution in [-0.4, -0.2) is 24.1 Å². The van der Waals surface area contributed by atoms with Crippen molar-refractivity contribution in [2.75, 3.05) is 23.4 Å². The zero-order chi connectivity index (χ0) is 17.5. The molecule has 0 spiro atoms. The smallest absolute Gasteiger partial charge is 0.262 e. The molecule has 6 heteroatoms. The molecule has 2 aliphatic heterocycles. The first kappa shape index (κ1) is 14.9. The second kappa shape index (κ2) is 5.84. The van der Waals surface area contributed by atoms with Crippen LogP contribution in [0.3, 0.4) is 0 Å². The molecule has 3 heterocycles. The number of nitrogens with one attached hydrogen (secondary N) is 2. The topological polar surface area (TPSA) is 66.6 Å². The van der Waals surface area contributed by atoms with Gasteiger partial charge < -0.3 is 19.8 Å². The molecule has 2 aromatic carbocycles. The van der Waals surface area contributed by atoms with E-state index in [-0.39, 0.29) is 12.1 Å². The normalized spacial score (nSPS) is 18.2. The summed E-state index contributed by atoms with van der Waals surface area (Å²) in [6.07, 6.45) is 1.51. The Kier molecular flexibility index (Phi) is 3.35. The molecule has 6 nitrogen and oxygen atoms in total. The van der Waals surface area contributed by atoms with Crippen molar-refractivity contribution in [1.82, 2.24) is 4.98 Å². The number of aromatic nitrogens is 1. The summed E-state index contributed by atoms with van der Waals surface area (Å²) in [6, 6.07) is 17.0. The van der Waals surface area contributed by atoms with Crippen LogP contribution in [0.2, 0.25) is 0 Å². The van der Waals surface area contributed by atoms with Crippen molar-refractivity contribution < 1.29 is 14.3 Å². The quantitative estimate of drug-likeness (QED) is 0.744. The minimum absolute atomic E-state index is 0.0596. The molecular formula is C20H17N3O3. The predicted octanol–water partition coefficient (Wildman–Crippen LogP) is 3.56. The van der Waals surface area contributed by atoms with Gasteiger partial charge in [-0.05, 0) is 36.4 Å². The van der Waals surface area contributed by atoms with Gasteiger partial charge in [-0.3, -0.25) is 9.69 Å². The molecule has 0 aliphatic carbocycles. The lowest BCUT2D eigenvalue weighted by molar-refractivity contribution is 0.0974. The summed E-state index contributed by atoms with van der Waals surface area (Å²) in [5, 5.41) is 3.46. The third kappa shape index (κ3) is 2.30. The van der Waals surface area contributed by atoms with E-state index in [0.717, 1.165) is 17.1 Å². The van der Waals surface area contributed by atoms with Gasteiger partial charge in [0.05, 0.1) is 16.9 Å². The molecule has 1 atom stereocenters.